The molecule has 1 rings (SSSR count). The van der Waals surface area contributed by atoms with Gasteiger partial charge in [0.1, 0.15) is 0 Å². The Morgan fingerprint density at radius 1 is 1.44 bits per heavy atom. The maximum absolute atomic E-state index is 11.7. The second kappa shape index (κ2) is 8.14. The Morgan fingerprint density at radius 3 is 2.78 bits per heavy atom. The van der Waals surface area contributed by atoms with Gasteiger partial charge in [0.2, 0.25) is 0 Å². The summed E-state index contributed by atoms with van der Waals surface area (Å²) in [4.78, 5) is 11.7. The van der Waals surface area contributed by atoms with Gasteiger partial charge in [-0.2, -0.15) is 0 Å². The van der Waals surface area contributed by atoms with Crippen molar-refractivity contribution < 1.29 is 9.90 Å². The second-order valence-electron chi connectivity index (χ2n) is 5.51. The highest BCUT2D eigenvalue weighted by molar-refractivity contribution is 5.74. The number of aliphatic hydroxyl groups is 1. The summed E-state index contributed by atoms with van der Waals surface area (Å²) in [6, 6.07) is -0.305. The van der Waals surface area contributed by atoms with Gasteiger partial charge in [0.05, 0.1) is 12.6 Å². The van der Waals surface area contributed by atoms with Crippen LogP contribution in [0.15, 0.2) is 12.2 Å². The van der Waals surface area contributed by atoms with Crippen molar-refractivity contribution in [1.29, 1.82) is 0 Å². The average Bonchev–Trinajstić information content (AvgIpc) is 2.36. The number of hydrogen-bond donors (Lipinski definition) is 3. The number of aliphatic hydroxyl groups excluding tert-OH is 1. The number of carbonyl (C=O) groups excluding carboxylic acids is 1. The van der Waals surface area contributed by atoms with Gasteiger partial charge in [-0.3, -0.25) is 0 Å². The van der Waals surface area contributed by atoms with Crippen molar-refractivity contribution in [3.63, 3.8) is 0 Å². The largest absolute Gasteiger partial charge is 0.394 e. The molecule has 0 saturated heterocycles. The van der Waals surface area contributed by atoms with Gasteiger partial charge in [-0.15, -0.1) is 0 Å². The van der Waals surface area contributed by atoms with Crippen molar-refractivity contribution in [1.82, 2.24) is 10.6 Å². The van der Waals surface area contributed by atoms with Crippen molar-refractivity contribution in [3.05, 3.63) is 12.2 Å². The zero-order chi connectivity index (χ0) is 13.4. The summed E-state index contributed by atoms with van der Waals surface area (Å²) in [5, 5.41) is 14.9. The van der Waals surface area contributed by atoms with Gasteiger partial charge in [0, 0.05) is 6.54 Å². The van der Waals surface area contributed by atoms with E-state index < -0.39 is 0 Å². The standard InChI is InChI=1S/C14H26N2O2/c1-11(2)8-13(10-17)16-14(18)15-9-12-6-4-3-5-7-12/h3-4,11-13,17H,5-10H2,1-2H3,(H2,15,16,18)/t12-,13+/m1/s1. The highest BCUT2D eigenvalue weighted by Crippen LogP contribution is 2.16. The minimum atomic E-state index is -0.163. The Balaban J connectivity index is 2.21. The molecule has 0 radical (unpaired) electrons. The first kappa shape index (κ1) is 15.0. The normalized spacial score (nSPS) is 20.8. The molecular formula is C14H26N2O2. The lowest BCUT2D eigenvalue weighted by molar-refractivity contribution is 0.205. The van der Waals surface area contributed by atoms with Gasteiger partial charge in [-0.1, -0.05) is 26.0 Å². The van der Waals surface area contributed by atoms with Gasteiger partial charge in [0.25, 0.3) is 0 Å². The Hall–Kier alpha value is -1.03. The molecule has 0 aromatic heterocycles. The zero-order valence-corrected chi connectivity index (χ0v) is 11.5. The molecule has 2 atom stereocenters. The average molecular weight is 254 g/mol. The molecule has 18 heavy (non-hydrogen) atoms. The fourth-order valence-corrected chi connectivity index (χ4v) is 2.26. The van der Waals surface area contributed by atoms with E-state index in [9.17, 15) is 9.90 Å². The zero-order valence-electron chi connectivity index (χ0n) is 11.5. The molecule has 0 aromatic carbocycles. The lowest BCUT2D eigenvalue weighted by Crippen LogP contribution is -2.45. The molecule has 104 valence electrons. The van der Waals surface area contributed by atoms with Crippen LogP contribution in [0.4, 0.5) is 4.79 Å². The third-order valence-corrected chi connectivity index (χ3v) is 3.24. The maximum Gasteiger partial charge on any atom is 0.315 e. The summed E-state index contributed by atoms with van der Waals surface area (Å²) >= 11 is 0. The van der Waals surface area contributed by atoms with Crippen molar-refractivity contribution in [2.45, 2.75) is 45.6 Å². The number of urea groups is 1. The smallest absolute Gasteiger partial charge is 0.315 e. The summed E-state index contributed by atoms with van der Waals surface area (Å²) in [5.74, 6) is 1.02. The van der Waals surface area contributed by atoms with Gasteiger partial charge in [0.15, 0.2) is 0 Å². The monoisotopic (exact) mass is 254 g/mol. The van der Waals surface area contributed by atoms with Crippen LogP contribution >= 0.6 is 0 Å². The molecule has 0 unspecified atom stereocenters. The van der Waals surface area contributed by atoms with Crippen molar-refractivity contribution in [2.24, 2.45) is 11.8 Å². The SMILES string of the molecule is CC(C)C[C@@H](CO)NC(=O)NC[C@@H]1CC=CCC1. The van der Waals surface area contributed by atoms with Crippen LogP contribution in [0.1, 0.15) is 39.5 Å². The van der Waals surface area contributed by atoms with Crippen LogP contribution in [0.25, 0.3) is 0 Å². The van der Waals surface area contributed by atoms with Gasteiger partial charge < -0.3 is 15.7 Å². The van der Waals surface area contributed by atoms with Crippen LogP contribution < -0.4 is 10.6 Å². The quantitative estimate of drug-likeness (QED) is 0.635. The highest BCUT2D eigenvalue weighted by Gasteiger charge is 2.14. The van der Waals surface area contributed by atoms with Crippen molar-refractivity contribution >= 4 is 6.03 Å². The van der Waals surface area contributed by atoms with Gasteiger partial charge in [-0.05, 0) is 37.5 Å². The molecule has 2 amide bonds. The summed E-state index contributed by atoms with van der Waals surface area (Å²) in [6.07, 6.45) is 8.49. The Bertz CT molecular complexity index is 277. The van der Waals surface area contributed by atoms with E-state index >= 15 is 0 Å². The van der Waals surface area contributed by atoms with Gasteiger partial charge in [-0.25, -0.2) is 4.79 Å². The Labute approximate surface area is 110 Å². The van der Waals surface area contributed by atoms with Crippen molar-refractivity contribution in [2.75, 3.05) is 13.2 Å². The van der Waals surface area contributed by atoms with Gasteiger partial charge >= 0.3 is 6.03 Å². The van der Waals surface area contributed by atoms with Crippen LogP contribution in [-0.4, -0.2) is 30.3 Å². The lowest BCUT2D eigenvalue weighted by Gasteiger charge is -2.21. The van der Waals surface area contributed by atoms with Crippen LogP contribution in [0.3, 0.4) is 0 Å². The number of amides is 2. The molecule has 0 bridgehead atoms. The Kier molecular flexibility index (Phi) is 6.80. The topological polar surface area (TPSA) is 61.4 Å². The summed E-state index contributed by atoms with van der Waals surface area (Å²) in [6.45, 7) is 4.88. The van der Waals surface area contributed by atoms with E-state index in [4.69, 9.17) is 0 Å². The number of nitrogens with one attached hydrogen (secondary N) is 2. The third kappa shape index (κ3) is 6.05. The molecule has 0 spiro atoms. The molecule has 1 aliphatic rings. The van der Waals surface area contributed by atoms with E-state index in [2.05, 4.69) is 36.6 Å². The molecule has 0 saturated carbocycles. The molecule has 0 heterocycles. The third-order valence-electron chi connectivity index (χ3n) is 3.24. The number of carbonyl (C=O) groups is 1. The highest BCUT2D eigenvalue weighted by atomic mass is 16.3. The molecule has 0 aromatic rings. The number of hydrogen-bond acceptors (Lipinski definition) is 2. The second-order valence-corrected chi connectivity index (χ2v) is 5.51. The lowest BCUT2D eigenvalue weighted by atomic mass is 9.94. The molecule has 1 aliphatic carbocycles. The molecule has 4 heteroatoms. The Morgan fingerprint density at radius 2 is 2.22 bits per heavy atom. The number of rotatable bonds is 6. The molecule has 3 N–H and O–H groups in total. The minimum Gasteiger partial charge on any atom is -0.394 e. The molecular weight excluding hydrogens is 228 g/mol. The van der Waals surface area contributed by atoms with Crippen LogP contribution in [-0.2, 0) is 0 Å². The first-order valence-electron chi connectivity index (χ1n) is 6.92. The predicted molar refractivity (Wildman–Crippen MR) is 73.3 cm³/mol. The predicted octanol–water partition coefficient (Wildman–Crippen LogP) is 2.05. The van der Waals surface area contributed by atoms with Crippen molar-refractivity contribution in [3.8, 4) is 0 Å². The van der Waals surface area contributed by atoms with E-state index in [0.717, 1.165) is 32.2 Å². The van der Waals surface area contributed by atoms with Crippen LogP contribution in [0.2, 0.25) is 0 Å². The minimum absolute atomic E-state index is 0.00222. The summed E-state index contributed by atoms with van der Waals surface area (Å²) < 4.78 is 0. The summed E-state index contributed by atoms with van der Waals surface area (Å²) in [7, 11) is 0. The van der Waals surface area contributed by atoms with E-state index in [0.29, 0.717) is 11.8 Å². The van der Waals surface area contributed by atoms with Crippen LogP contribution in [0, 0.1) is 11.8 Å². The molecule has 0 aliphatic heterocycles. The first-order valence-corrected chi connectivity index (χ1v) is 6.92. The maximum atomic E-state index is 11.7. The van der Waals surface area contributed by atoms with E-state index in [1.54, 1.807) is 0 Å². The fourth-order valence-electron chi connectivity index (χ4n) is 2.26. The van der Waals surface area contributed by atoms with E-state index in [1.165, 1.54) is 0 Å². The van der Waals surface area contributed by atoms with E-state index in [-0.39, 0.29) is 18.7 Å². The molecule has 0 fully saturated rings. The first-order chi connectivity index (χ1) is 8.61. The van der Waals surface area contributed by atoms with Crippen LogP contribution in [0.5, 0.6) is 0 Å². The fraction of sp³-hybridized carbons (Fsp3) is 0.786. The van der Waals surface area contributed by atoms with E-state index in [1.807, 2.05) is 0 Å². The molecule has 4 nitrogen and oxygen atoms in total. The number of allylic oxidation sites excluding steroid dienone is 2. The summed E-state index contributed by atoms with van der Waals surface area (Å²) in [5.41, 5.74) is 0.